The topological polar surface area (TPSA) is 49.2 Å². The van der Waals surface area contributed by atoms with E-state index in [1.165, 1.54) is 0 Å². The molecule has 0 aromatic carbocycles. The summed E-state index contributed by atoms with van der Waals surface area (Å²) in [5.74, 6) is 1.29. The van der Waals surface area contributed by atoms with Crippen LogP contribution in [0.4, 0.5) is 5.82 Å². The van der Waals surface area contributed by atoms with Crippen LogP contribution in [0, 0.1) is 5.92 Å². The SMILES string of the molecule is CC(O)C1CCN(c2ccnc(Cl)n2)CC1. The van der Waals surface area contributed by atoms with Gasteiger partial charge in [0.2, 0.25) is 5.28 Å². The first kappa shape index (κ1) is 11.6. The lowest BCUT2D eigenvalue weighted by atomic mass is 9.92. The minimum Gasteiger partial charge on any atom is -0.393 e. The lowest BCUT2D eigenvalue weighted by Gasteiger charge is -2.33. The fraction of sp³-hybridized carbons (Fsp3) is 0.636. The predicted octanol–water partition coefficient (Wildman–Crippen LogP) is 1.73. The minimum absolute atomic E-state index is 0.212. The third-order valence-electron chi connectivity index (χ3n) is 3.16. The number of halogens is 1. The van der Waals surface area contributed by atoms with Crippen molar-refractivity contribution in [3.8, 4) is 0 Å². The molecule has 0 saturated carbocycles. The molecule has 1 aromatic rings. The number of anilines is 1. The number of aliphatic hydroxyl groups excluding tert-OH is 1. The van der Waals surface area contributed by atoms with Gasteiger partial charge in [-0.2, -0.15) is 0 Å². The summed E-state index contributed by atoms with van der Waals surface area (Å²) in [6.07, 6.45) is 3.46. The molecule has 1 unspecified atom stereocenters. The van der Waals surface area contributed by atoms with Crippen molar-refractivity contribution in [1.29, 1.82) is 0 Å². The minimum atomic E-state index is -0.212. The van der Waals surface area contributed by atoms with Crippen LogP contribution in [0.15, 0.2) is 12.3 Å². The first-order valence-electron chi connectivity index (χ1n) is 5.58. The molecule has 1 atom stereocenters. The zero-order valence-electron chi connectivity index (χ0n) is 9.30. The second kappa shape index (κ2) is 4.97. The van der Waals surface area contributed by atoms with Crippen molar-refractivity contribution in [3.63, 3.8) is 0 Å². The van der Waals surface area contributed by atoms with Gasteiger partial charge in [0.15, 0.2) is 0 Å². The third-order valence-corrected chi connectivity index (χ3v) is 3.34. The van der Waals surface area contributed by atoms with Gasteiger partial charge in [0.1, 0.15) is 5.82 Å². The monoisotopic (exact) mass is 241 g/mol. The molecular weight excluding hydrogens is 226 g/mol. The van der Waals surface area contributed by atoms with Gasteiger partial charge in [-0.05, 0) is 43.4 Å². The summed E-state index contributed by atoms with van der Waals surface area (Å²) in [5, 5.41) is 9.80. The normalized spacial score (nSPS) is 19.8. The fourth-order valence-corrected chi connectivity index (χ4v) is 2.26. The van der Waals surface area contributed by atoms with Crippen LogP contribution in [0.1, 0.15) is 19.8 Å². The van der Waals surface area contributed by atoms with E-state index in [-0.39, 0.29) is 11.4 Å². The van der Waals surface area contributed by atoms with Gasteiger partial charge >= 0.3 is 0 Å². The van der Waals surface area contributed by atoms with Crippen molar-refractivity contribution < 1.29 is 5.11 Å². The number of rotatable bonds is 2. The number of aliphatic hydroxyl groups is 1. The Balaban J connectivity index is 1.99. The zero-order valence-corrected chi connectivity index (χ0v) is 10.1. The van der Waals surface area contributed by atoms with E-state index >= 15 is 0 Å². The molecule has 1 aromatic heterocycles. The van der Waals surface area contributed by atoms with Gasteiger partial charge in [0.05, 0.1) is 6.10 Å². The maximum Gasteiger partial charge on any atom is 0.224 e. The average molecular weight is 242 g/mol. The van der Waals surface area contributed by atoms with Crippen LogP contribution in [0.2, 0.25) is 5.28 Å². The van der Waals surface area contributed by atoms with Crippen LogP contribution in [0.3, 0.4) is 0 Å². The van der Waals surface area contributed by atoms with Crippen LogP contribution < -0.4 is 4.90 Å². The van der Waals surface area contributed by atoms with Gasteiger partial charge in [-0.15, -0.1) is 0 Å². The summed E-state index contributed by atoms with van der Waals surface area (Å²) in [5.41, 5.74) is 0. The van der Waals surface area contributed by atoms with Crippen LogP contribution in [0.5, 0.6) is 0 Å². The smallest absolute Gasteiger partial charge is 0.224 e. The van der Waals surface area contributed by atoms with E-state index < -0.39 is 0 Å². The van der Waals surface area contributed by atoms with Gasteiger partial charge in [-0.1, -0.05) is 0 Å². The average Bonchev–Trinajstić information content (AvgIpc) is 2.29. The molecule has 88 valence electrons. The molecule has 0 amide bonds. The molecule has 1 aliphatic heterocycles. The highest BCUT2D eigenvalue weighted by Gasteiger charge is 2.23. The van der Waals surface area contributed by atoms with Crippen molar-refractivity contribution in [3.05, 3.63) is 17.5 Å². The summed E-state index contributed by atoms with van der Waals surface area (Å²) >= 11 is 5.75. The Morgan fingerprint density at radius 2 is 2.19 bits per heavy atom. The number of piperidine rings is 1. The quantitative estimate of drug-likeness (QED) is 0.802. The molecule has 0 spiro atoms. The summed E-state index contributed by atoms with van der Waals surface area (Å²) in [6, 6.07) is 1.87. The summed E-state index contributed by atoms with van der Waals surface area (Å²) in [4.78, 5) is 10.2. The van der Waals surface area contributed by atoms with Gasteiger partial charge in [-0.25, -0.2) is 9.97 Å². The first-order valence-corrected chi connectivity index (χ1v) is 5.96. The van der Waals surface area contributed by atoms with E-state index in [0.29, 0.717) is 5.92 Å². The zero-order chi connectivity index (χ0) is 11.5. The van der Waals surface area contributed by atoms with Crippen molar-refractivity contribution in [2.75, 3.05) is 18.0 Å². The Hall–Kier alpha value is -0.870. The lowest BCUT2D eigenvalue weighted by molar-refractivity contribution is 0.110. The molecular formula is C11H16ClN3O. The van der Waals surface area contributed by atoms with E-state index in [2.05, 4.69) is 14.9 Å². The second-order valence-corrected chi connectivity index (χ2v) is 4.59. The van der Waals surface area contributed by atoms with E-state index in [4.69, 9.17) is 11.6 Å². The molecule has 1 N–H and O–H groups in total. The number of hydrogen-bond acceptors (Lipinski definition) is 4. The molecule has 1 aliphatic rings. The molecule has 0 aliphatic carbocycles. The summed E-state index contributed by atoms with van der Waals surface area (Å²) < 4.78 is 0. The highest BCUT2D eigenvalue weighted by Crippen LogP contribution is 2.24. The molecule has 2 heterocycles. The fourth-order valence-electron chi connectivity index (χ4n) is 2.11. The van der Waals surface area contributed by atoms with Gasteiger partial charge in [0.25, 0.3) is 0 Å². The molecule has 0 radical (unpaired) electrons. The van der Waals surface area contributed by atoms with Gasteiger partial charge in [0, 0.05) is 19.3 Å². The van der Waals surface area contributed by atoms with Crippen molar-refractivity contribution >= 4 is 17.4 Å². The number of nitrogens with zero attached hydrogens (tertiary/aromatic N) is 3. The Kier molecular flexibility index (Phi) is 3.61. The summed E-state index contributed by atoms with van der Waals surface area (Å²) in [6.45, 7) is 3.70. The van der Waals surface area contributed by atoms with E-state index in [9.17, 15) is 5.11 Å². The Labute approximate surface area is 100 Å². The number of aromatic nitrogens is 2. The van der Waals surface area contributed by atoms with Crippen LogP contribution in [-0.4, -0.2) is 34.3 Å². The Morgan fingerprint density at radius 1 is 1.50 bits per heavy atom. The molecule has 0 bridgehead atoms. The van der Waals surface area contributed by atoms with Crippen LogP contribution in [-0.2, 0) is 0 Å². The maximum absolute atomic E-state index is 9.51. The predicted molar refractivity (Wildman–Crippen MR) is 63.7 cm³/mol. The van der Waals surface area contributed by atoms with Crippen molar-refractivity contribution in [2.24, 2.45) is 5.92 Å². The first-order chi connectivity index (χ1) is 7.66. The molecule has 1 saturated heterocycles. The van der Waals surface area contributed by atoms with E-state index in [1.807, 2.05) is 13.0 Å². The van der Waals surface area contributed by atoms with Crippen molar-refractivity contribution in [1.82, 2.24) is 9.97 Å². The molecule has 1 fully saturated rings. The van der Waals surface area contributed by atoms with Crippen LogP contribution in [0.25, 0.3) is 0 Å². The van der Waals surface area contributed by atoms with Gasteiger partial charge in [-0.3, -0.25) is 0 Å². The van der Waals surface area contributed by atoms with Crippen molar-refractivity contribution in [2.45, 2.75) is 25.9 Å². The van der Waals surface area contributed by atoms with E-state index in [0.717, 1.165) is 31.7 Å². The molecule has 2 rings (SSSR count). The Bertz CT molecular complexity index is 351. The lowest BCUT2D eigenvalue weighted by Crippen LogP contribution is -2.37. The second-order valence-electron chi connectivity index (χ2n) is 4.25. The molecule has 4 nitrogen and oxygen atoms in total. The largest absolute Gasteiger partial charge is 0.393 e. The Morgan fingerprint density at radius 3 is 2.75 bits per heavy atom. The third kappa shape index (κ3) is 2.62. The summed E-state index contributed by atoms with van der Waals surface area (Å²) in [7, 11) is 0. The van der Waals surface area contributed by atoms with E-state index in [1.54, 1.807) is 6.20 Å². The van der Waals surface area contributed by atoms with Gasteiger partial charge < -0.3 is 10.0 Å². The number of hydrogen-bond donors (Lipinski definition) is 1. The molecule has 16 heavy (non-hydrogen) atoms. The maximum atomic E-state index is 9.51. The molecule has 5 heteroatoms. The highest BCUT2D eigenvalue weighted by atomic mass is 35.5. The van der Waals surface area contributed by atoms with Crippen LogP contribution >= 0.6 is 11.6 Å². The standard InChI is InChI=1S/C11H16ClN3O/c1-8(16)9-3-6-15(7-4-9)10-2-5-13-11(12)14-10/h2,5,8-9,16H,3-4,6-7H2,1H3. The highest BCUT2D eigenvalue weighted by molar-refractivity contribution is 6.28.